The van der Waals surface area contributed by atoms with Crippen LogP contribution in [0.25, 0.3) is 0 Å². The number of benzene rings is 2. The van der Waals surface area contributed by atoms with Gasteiger partial charge >= 0.3 is 0 Å². The zero-order chi connectivity index (χ0) is 20.9. The van der Waals surface area contributed by atoms with E-state index in [0.29, 0.717) is 12.4 Å². The molecule has 30 heavy (non-hydrogen) atoms. The highest BCUT2D eigenvalue weighted by Crippen LogP contribution is 2.33. The van der Waals surface area contributed by atoms with Crippen molar-refractivity contribution < 1.29 is 18.6 Å². The van der Waals surface area contributed by atoms with Gasteiger partial charge < -0.3 is 14.2 Å². The number of fused-ring (bicyclic) bond motifs is 1. The third-order valence-corrected chi connectivity index (χ3v) is 5.23. The van der Waals surface area contributed by atoms with Gasteiger partial charge in [-0.15, -0.1) is 5.10 Å². The molecule has 0 saturated heterocycles. The van der Waals surface area contributed by atoms with Crippen molar-refractivity contribution in [3.05, 3.63) is 65.2 Å². The molecule has 0 N–H and O–H groups in total. The SMILES string of the molecule is COc1cc2c(cc1OC)CN(CCn1cc(COc3ccc(F)cc3)nn1)CC2. The van der Waals surface area contributed by atoms with Gasteiger partial charge in [0.15, 0.2) is 11.5 Å². The van der Waals surface area contributed by atoms with E-state index >= 15 is 0 Å². The maximum absolute atomic E-state index is 12.9. The van der Waals surface area contributed by atoms with Gasteiger partial charge in [0.25, 0.3) is 0 Å². The van der Waals surface area contributed by atoms with Gasteiger partial charge in [-0.3, -0.25) is 9.58 Å². The lowest BCUT2D eigenvalue weighted by Gasteiger charge is -2.29. The zero-order valence-electron chi connectivity index (χ0n) is 17.2. The standard InChI is InChI=1S/C22H25FN4O3/c1-28-21-11-16-7-8-26(13-17(16)12-22(21)29-2)9-10-27-14-19(24-25-27)15-30-20-5-3-18(23)4-6-20/h3-6,11-12,14H,7-10,13,15H2,1-2H3. The largest absolute Gasteiger partial charge is 0.493 e. The van der Waals surface area contributed by atoms with Crippen molar-refractivity contribution in [2.45, 2.75) is 26.1 Å². The van der Waals surface area contributed by atoms with Crippen molar-refractivity contribution >= 4 is 0 Å². The molecule has 4 rings (SSSR count). The first-order valence-corrected chi connectivity index (χ1v) is 9.88. The van der Waals surface area contributed by atoms with Gasteiger partial charge in [0.05, 0.1) is 27.0 Å². The Morgan fingerprint density at radius 3 is 2.47 bits per heavy atom. The molecule has 0 aliphatic carbocycles. The first kappa shape index (κ1) is 20.2. The number of aromatic nitrogens is 3. The van der Waals surface area contributed by atoms with E-state index in [0.717, 1.165) is 49.8 Å². The van der Waals surface area contributed by atoms with Crippen LogP contribution in [0.4, 0.5) is 4.39 Å². The molecule has 7 nitrogen and oxygen atoms in total. The molecule has 2 heterocycles. The summed E-state index contributed by atoms with van der Waals surface area (Å²) in [6.45, 7) is 3.76. The van der Waals surface area contributed by atoms with Gasteiger partial charge in [0, 0.05) is 19.6 Å². The molecular weight excluding hydrogens is 387 g/mol. The number of hydrogen-bond donors (Lipinski definition) is 0. The maximum atomic E-state index is 12.9. The molecule has 8 heteroatoms. The molecule has 0 unspecified atom stereocenters. The minimum absolute atomic E-state index is 0.286. The fourth-order valence-electron chi connectivity index (χ4n) is 3.58. The van der Waals surface area contributed by atoms with E-state index < -0.39 is 0 Å². The summed E-state index contributed by atoms with van der Waals surface area (Å²) in [6, 6.07) is 10.1. The van der Waals surface area contributed by atoms with Crippen molar-refractivity contribution in [1.82, 2.24) is 19.9 Å². The summed E-state index contributed by atoms with van der Waals surface area (Å²) in [5, 5.41) is 8.34. The Balaban J connectivity index is 1.30. The van der Waals surface area contributed by atoms with Crippen LogP contribution < -0.4 is 14.2 Å². The van der Waals surface area contributed by atoms with Crippen LogP contribution >= 0.6 is 0 Å². The summed E-state index contributed by atoms with van der Waals surface area (Å²) in [4.78, 5) is 2.39. The molecule has 2 aromatic carbocycles. The lowest BCUT2D eigenvalue weighted by atomic mass is 9.99. The van der Waals surface area contributed by atoms with E-state index in [9.17, 15) is 4.39 Å². The normalized spacial score (nSPS) is 13.7. The average Bonchev–Trinajstić information content (AvgIpc) is 3.24. The quantitative estimate of drug-likeness (QED) is 0.567. The van der Waals surface area contributed by atoms with E-state index in [4.69, 9.17) is 14.2 Å². The molecule has 158 valence electrons. The fraction of sp³-hybridized carbons (Fsp3) is 0.364. The van der Waals surface area contributed by atoms with E-state index in [1.54, 1.807) is 26.4 Å². The third kappa shape index (κ3) is 4.71. The fourth-order valence-corrected chi connectivity index (χ4v) is 3.58. The van der Waals surface area contributed by atoms with Crippen LogP contribution in [0.3, 0.4) is 0 Å². The van der Waals surface area contributed by atoms with Crippen LogP contribution in [-0.4, -0.2) is 47.2 Å². The Kier molecular flexibility index (Phi) is 6.13. The van der Waals surface area contributed by atoms with Crippen molar-refractivity contribution in [3.63, 3.8) is 0 Å². The van der Waals surface area contributed by atoms with Gasteiger partial charge in [-0.1, -0.05) is 5.21 Å². The second-order valence-electron chi connectivity index (χ2n) is 7.22. The smallest absolute Gasteiger partial charge is 0.161 e. The molecule has 0 amide bonds. The molecule has 0 fully saturated rings. The highest BCUT2D eigenvalue weighted by atomic mass is 19.1. The van der Waals surface area contributed by atoms with Crippen molar-refractivity contribution in [2.24, 2.45) is 0 Å². The van der Waals surface area contributed by atoms with E-state index in [-0.39, 0.29) is 5.82 Å². The van der Waals surface area contributed by atoms with Crippen LogP contribution in [0.15, 0.2) is 42.6 Å². The molecule has 1 aliphatic rings. The monoisotopic (exact) mass is 412 g/mol. The summed E-state index contributed by atoms with van der Waals surface area (Å²) in [7, 11) is 3.32. The van der Waals surface area contributed by atoms with Crippen molar-refractivity contribution in [1.29, 1.82) is 0 Å². The minimum Gasteiger partial charge on any atom is -0.493 e. The number of hydrogen-bond acceptors (Lipinski definition) is 6. The van der Waals surface area contributed by atoms with Crippen molar-refractivity contribution in [2.75, 3.05) is 27.3 Å². The van der Waals surface area contributed by atoms with E-state index in [1.807, 2.05) is 10.9 Å². The van der Waals surface area contributed by atoms with Crippen molar-refractivity contribution in [3.8, 4) is 17.2 Å². The zero-order valence-corrected chi connectivity index (χ0v) is 17.2. The van der Waals surface area contributed by atoms with Gasteiger partial charge in [-0.05, 0) is 53.9 Å². The summed E-state index contributed by atoms with van der Waals surface area (Å²) in [6.07, 6.45) is 2.86. The Morgan fingerprint density at radius 2 is 1.73 bits per heavy atom. The molecule has 0 atom stereocenters. The highest BCUT2D eigenvalue weighted by Gasteiger charge is 2.19. The Morgan fingerprint density at radius 1 is 1.00 bits per heavy atom. The van der Waals surface area contributed by atoms with E-state index in [2.05, 4.69) is 27.3 Å². The molecule has 0 bridgehead atoms. The maximum Gasteiger partial charge on any atom is 0.161 e. The lowest BCUT2D eigenvalue weighted by molar-refractivity contribution is 0.238. The van der Waals surface area contributed by atoms with Crippen LogP contribution in [0.2, 0.25) is 0 Å². The predicted octanol–water partition coefficient (Wildman–Crippen LogP) is 3.07. The average molecular weight is 412 g/mol. The Bertz CT molecular complexity index is 991. The molecule has 0 spiro atoms. The second-order valence-corrected chi connectivity index (χ2v) is 7.22. The van der Waals surface area contributed by atoms with Crippen LogP contribution in [0.5, 0.6) is 17.2 Å². The number of halogens is 1. The first-order valence-electron chi connectivity index (χ1n) is 9.88. The van der Waals surface area contributed by atoms with Gasteiger partial charge in [-0.2, -0.15) is 0 Å². The molecule has 3 aromatic rings. The van der Waals surface area contributed by atoms with Crippen LogP contribution in [0.1, 0.15) is 16.8 Å². The number of rotatable bonds is 8. The minimum atomic E-state index is -0.286. The Labute approximate surface area is 175 Å². The van der Waals surface area contributed by atoms with Gasteiger partial charge in [-0.25, -0.2) is 4.39 Å². The summed E-state index contributed by atoms with van der Waals surface area (Å²) >= 11 is 0. The topological polar surface area (TPSA) is 61.6 Å². The molecular formula is C22H25FN4O3. The summed E-state index contributed by atoms with van der Waals surface area (Å²) < 4.78 is 31.2. The number of methoxy groups -OCH3 is 2. The number of ether oxygens (including phenoxy) is 3. The molecule has 0 saturated carbocycles. The van der Waals surface area contributed by atoms with E-state index in [1.165, 1.54) is 23.3 Å². The molecule has 1 aromatic heterocycles. The van der Waals surface area contributed by atoms with Crippen LogP contribution in [0, 0.1) is 5.82 Å². The van der Waals surface area contributed by atoms with Gasteiger partial charge in [0.2, 0.25) is 0 Å². The molecule has 1 aliphatic heterocycles. The highest BCUT2D eigenvalue weighted by molar-refractivity contribution is 5.48. The molecule has 0 radical (unpaired) electrons. The lowest BCUT2D eigenvalue weighted by Crippen LogP contribution is -2.33. The first-order chi connectivity index (χ1) is 14.6. The number of nitrogens with zero attached hydrogens (tertiary/aromatic N) is 4. The third-order valence-electron chi connectivity index (χ3n) is 5.23. The summed E-state index contributed by atoms with van der Waals surface area (Å²) in [5.41, 5.74) is 3.32. The summed E-state index contributed by atoms with van der Waals surface area (Å²) in [5.74, 6) is 1.86. The van der Waals surface area contributed by atoms with Gasteiger partial charge in [0.1, 0.15) is 23.9 Å². The van der Waals surface area contributed by atoms with Crippen LogP contribution in [-0.2, 0) is 26.1 Å². The second kappa shape index (κ2) is 9.13. The Hall–Kier alpha value is -3.13. The predicted molar refractivity (Wildman–Crippen MR) is 109 cm³/mol.